The van der Waals surface area contributed by atoms with Crippen molar-refractivity contribution in [1.82, 2.24) is 9.97 Å². The topological polar surface area (TPSA) is 52.1 Å². The summed E-state index contributed by atoms with van der Waals surface area (Å²) in [5, 5.41) is 3.66. The van der Waals surface area contributed by atoms with Gasteiger partial charge in [-0.1, -0.05) is 47.5 Å². The zero-order valence-electron chi connectivity index (χ0n) is 12.4. The molecule has 0 bridgehead atoms. The standard InChI is InChI=1S/C17H12Cl2N2O2S/c18-14-4-2-1-3-13(14)17-21-12(10-24-17)7-16(22)23-9-11-5-6-15(19)20-8-11/h1-6,8,10H,7,9H2. The van der Waals surface area contributed by atoms with Crippen molar-refractivity contribution in [1.29, 1.82) is 0 Å². The smallest absolute Gasteiger partial charge is 0.312 e. The zero-order valence-corrected chi connectivity index (χ0v) is 14.7. The largest absolute Gasteiger partial charge is 0.460 e. The zero-order chi connectivity index (χ0) is 16.9. The second-order valence-electron chi connectivity index (χ2n) is 4.95. The number of carbonyl (C=O) groups is 1. The Morgan fingerprint density at radius 1 is 1.17 bits per heavy atom. The summed E-state index contributed by atoms with van der Waals surface area (Å²) in [6.45, 7) is 0.157. The average molecular weight is 379 g/mol. The summed E-state index contributed by atoms with van der Waals surface area (Å²) in [5.74, 6) is -0.346. The lowest BCUT2D eigenvalue weighted by atomic mass is 10.2. The van der Waals surface area contributed by atoms with Gasteiger partial charge in [0.2, 0.25) is 0 Å². The van der Waals surface area contributed by atoms with Crippen LogP contribution >= 0.6 is 34.5 Å². The van der Waals surface area contributed by atoms with Gasteiger partial charge in [-0.05, 0) is 12.1 Å². The van der Waals surface area contributed by atoms with Gasteiger partial charge in [-0.15, -0.1) is 11.3 Å². The Hall–Kier alpha value is -1.95. The van der Waals surface area contributed by atoms with Crippen molar-refractivity contribution in [3.05, 3.63) is 69.4 Å². The quantitative estimate of drug-likeness (QED) is 0.472. The number of nitrogens with zero attached hydrogens (tertiary/aromatic N) is 2. The van der Waals surface area contributed by atoms with Gasteiger partial charge in [0.1, 0.15) is 16.8 Å². The third kappa shape index (κ3) is 4.32. The Bertz CT molecular complexity index is 850. The molecular weight excluding hydrogens is 367 g/mol. The Labute approximate surface area is 153 Å². The van der Waals surface area contributed by atoms with E-state index in [1.54, 1.807) is 18.3 Å². The highest BCUT2D eigenvalue weighted by Crippen LogP contribution is 2.30. The van der Waals surface area contributed by atoms with Gasteiger partial charge in [0.05, 0.1) is 17.1 Å². The molecule has 7 heteroatoms. The summed E-state index contributed by atoms with van der Waals surface area (Å²) in [6, 6.07) is 10.9. The number of rotatable bonds is 5. The molecule has 0 fully saturated rings. The molecular formula is C17H12Cl2N2O2S. The van der Waals surface area contributed by atoms with Crippen LogP contribution in [0, 0.1) is 0 Å². The van der Waals surface area contributed by atoms with Gasteiger partial charge < -0.3 is 4.74 Å². The van der Waals surface area contributed by atoms with E-state index in [1.165, 1.54) is 11.3 Å². The van der Waals surface area contributed by atoms with E-state index in [1.807, 2.05) is 29.6 Å². The van der Waals surface area contributed by atoms with Crippen LogP contribution in [0.1, 0.15) is 11.3 Å². The third-order valence-electron chi connectivity index (χ3n) is 3.17. The van der Waals surface area contributed by atoms with Gasteiger partial charge in [-0.25, -0.2) is 9.97 Å². The molecule has 0 aliphatic rings. The van der Waals surface area contributed by atoms with E-state index in [0.29, 0.717) is 15.9 Å². The van der Waals surface area contributed by atoms with Crippen molar-refractivity contribution in [2.75, 3.05) is 0 Å². The number of benzene rings is 1. The fourth-order valence-corrected chi connectivity index (χ4v) is 3.25. The number of ether oxygens (including phenoxy) is 1. The van der Waals surface area contributed by atoms with Crippen LogP contribution in [-0.4, -0.2) is 15.9 Å². The van der Waals surface area contributed by atoms with E-state index < -0.39 is 0 Å². The summed E-state index contributed by atoms with van der Waals surface area (Å²) >= 11 is 13.3. The number of esters is 1. The summed E-state index contributed by atoms with van der Waals surface area (Å²) in [5.41, 5.74) is 2.30. The molecule has 1 aromatic carbocycles. The molecule has 0 saturated heterocycles. The van der Waals surface area contributed by atoms with Crippen molar-refractivity contribution in [2.24, 2.45) is 0 Å². The second-order valence-corrected chi connectivity index (χ2v) is 6.60. The van der Waals surface area contributed by atoms with Crippen molar-refractivity contribution in [2.45, 2.75) is 13.0 Å². The number of carbonyl (C=O) groups excluding carboxylic acids is 1. The predicted octanol–water partition coefficient (Wildman–Crippen LogP) is 4.80. The number of pyridine rings is 1. The Balaban J connectivity index is 1.59. The van der Waals surface area contributed by atoms with Gasteiger partial charge in [-0.2, -0.15) is 0 Å². The van der Waals surface area contributed by atoms with Crippen LogP contribution in [0.25, 0.3) is 10.6 Å². The van der Waals surface area contributed by atoms with E-state index in [9.17, 15) is 4.79 Å². The normalized spacial score (nSPS) is 10.6. The van der Waals surface area contributed by atoms with Gasteiger partial charge in [0, 0.05) is 22.7 Å². The van der Waals surface area contributed by atoms with E-state index in [0.717, 1.165) is 16.1 Å². The first-order valence-corrected chi connectivity index (χ1v) is 8.71. The highest BCUT2D eigenvalue weighted by atomic mass is 35.5. The minimum absolute atomic E-state index is 0.113. The molecule has 0 aliphatic heterocycles. The van der Waals surface area contributed by atoms with Crippen molar-refractivity contribution in [3.8, 4) is 10.6 Å². The third-order valence-corrected chi connectivity index (χ3v) is 4.65. The summed E-state index contributed by atoms with van der Waals surface area (Å²) in [6.07, 6.45) is 1.69. The van der Waals surface area contributed by atoms with Crippen LogP contribution in [0.3, 0.4) is 0 Å². The molecule has 3 rings (SSSR count). The van der Waals surface area contributed by atoms with Crippen LogP contribution in [0.15, 0.2) is 48.0 Å². The molecule has 0 unspecified atom stereocenters. The molecule has 0 saturated carbocycles. The molecule has 0 aliphatic carbocycles. The summed E-state index contributed by atoms with van der Waals surface area (Å²) in [7, 11) is 0. The molecule has 0 spiro atoms. The SMILES string of the molecule is O=C(Cc1csc(-c2ccccc2Cl)n1)OCc1ccc(Cl)nc1. The molecule has 0 atom stereocenters. The van der Waals surface area contributed by atoms with E-state index in [2.05, 4.69) is 9.97 Å². The van der Waals surface area contributed by atoms with Gasteiger partial charge >= 0.3 is 5.97 Å². The van der Waals surface area contributed by atoms with Crippen molar-refractivity contribution in [3.63, 3.8) is 0 Å². The molecule has 0 radical (unpaired) electrons. The maximum absolute atomic E-state index is 11.9. The maximum atomic E-state index is 11.9. The van der Waals surface area contributed by atoms with E-state index >= 15 is 0 Å². The molecule has 0 N–H and O–H groups in total. The lowest BCUT2D eigenvalue weighted by molar-refractivity contribution is -0.144. The van der Waals surface area contributed by atoms with Crippen LogP contribution in [0.2, 0.25) is 10.2 Å². The minimum Gasteiger partial charge on any atom is -0.460 e. The molecule has 2 aromatic heterocycles. The monoisotopic (exact) mass is 378 g/mol. The Morgan fingerprint density at radius 2 is 2.00 bits per heavy atom. The number of aromatic nitrogens is 2. The minimum atomic E-state index is -0.346. The first kappa shape index (κ1) is 16.9. The van der Waals surface area contributed by atoms with E-state index in [4.69, 9.17) is 27.9 Å². The molecule has 122 valence electrons. The average Bonchev–Trinajstić information content (AvgIpc) is 3.03. The van der Waals surface area contributed by atoms with Gasteiger partial charge in [0.15, 0.2) is 0 Å². The summed E-state index contributed by atoms with van der Waals surface area (Å²) in [4.78, 5) is 20.3. The van der Waals surface area contributed by atoms with Crippen LogP contribution < -0.4 is 0 Å². The van der Waals surface area contributed by atoms with Crippen LogP contribution in [-0.2, 0) is 22.6 Å². The van der Waals surface area contributed by atoms with Crippen LogP contribution in [0.4, 0.5) is 0 Å². The highest BCUT2D eigenvalue weighted by molar-refractivity contribution is 7.13. The van der Waals surface area contributed by atoms with Gasteiger partial charge in [0.25, 0.3) is 0 Å². The number of halogens is 2. The predicted molar refractivity (Wildman–Crippen MR) is 95.3 cm³/mol. The lowest BCUT2D eigenvalue weighted by Crippen LogP contribution is -2.08. The molecule has 3 aromatic rings. The molecule has 24 heavy (non-hydrogen) atoms. The molecule has 0 amide bonds. The van der Waals surface area contributed by atoms with Crippen molar-refractivity contribution >= 4 is 40.5 Å². The number of thiazole rings is 1. The highest BCUT2D eigenvalue weighted by Gasteiger charge is 2.12. The first-order valence-electron chi connectivity index (χ1n) is 7.07. The van der Waals surface area contributed by atoms with Gasteiger partial charge in [-0.3, -0.25) is 4.79 Å². The number of hydrogen-bond donors (Lipinski definition) is 0. The van der Waals surface area contributed by atoms with Crippen LogP contribution in [0.5, 0.6) is 0 Å². The second kappa shape index (κ2) is 7.75. The Morgan fingerprint density at radius 3 is 2.75 bits per heavy atom. The maximum Gasteiger partial charge on any atom is 0.312 e. The van der Waals surface area contributed by atoms with Crippen molar-refractivity contribution < 1.29 is 9.53 Å². The summed E-state index contributed by atoms with van der Waals surface area (Å²) < 4.78 is 5.23. The fourth-order valence-electron chi connectivity index (χ4n) is 2.00. The number of hydrogen-bond acceptors (Lipinski definition) is 5. The molecule has 4 nitrogen and oxygen atoms in total. The Kier molecular flexibility index (Phi) is 5.45. The first-order chi connectivity index (χ1) is 11.6. The van der Waals surface area contributed by atoms with E-state index in [-0.39, 0.29) is 19.0 Å². The fraction of sp³-hybridized carbons (Fsp3) is 0.118. The lowest BCUT2D eigenvalue weighted by Gasteiger charge is -2.03. The molecule has 2 heterocycles.